The first-order chi connectivity index (χ1) is 13.9. The first kappa shape index (κ1) is 24.4. The number of hydrogen-bond donors (Lipinski definition) is 1. The molecule has 0 spiro atoms. The SMILES string of the molecule is CCNC(=NCCCCOCc1ccccc1)N1CCOC(C2CCCO2)C1.I. The van der Waals surface area contributed by atoms with Gasteiger partial charge in [0.15, 0.2) is 5.96 Å². The topological polar surface area (TPSA) is 55.3 Å². The third kappa shape index (κ3) is 8.39. The van der Waals surface area contributed by atoms with E-state index in [0.29, 0.717) is 6.61 Å². The van der Waals surface area contributed by atoms with Crippen molar-refractivity contribution in [2.45, 2.75) is 51.4 Å². The molecule has 1 aromatic rings. The zero-order valence-electron chi connectivity index (χ0n) is 17.6. The molecule has 0 aromatic heterocycles. The number of rotatable bonds is 9. The van der Waals surface area contributed by atoms with E-state index >= 15 is 0 Å². The summed E-state index contributed by atoms with van der Waals surface area (Å²) in [6, 6.07) is 10.3. The molecule has 1 aromatic carbocycles. The second-order valence-corrected chi connectivity index (χ2v) is 7.39. The van der Waals surface area contributed by atoms with Crippen LogP contribution in [-0.4, -0.2) is 69.1 Å². The Hall–Kier alpha value is -0.900. The lowest BCUT2D eigenvalue weighted by atomic mass is 10.1. The van der Waals surface area contributed by atoms with Gasteiger partial charge in [0.05, 0.1) is 19.3 Å². The van der Waals surface area contributed by atoms with Crippen LogP contribution in [0.25, 0.3) is 0 Å². The van der Waals surface area contributed by atoms with E-state index in [1.807, 2.05) is 18.2 Å². The number of halogens is 1. The number of guanidine groups is 1. The Morgan fingerprint density at radius 2 is 2.00 bits per heavy atom. The van der Waals surface area contributed by atoms with E-state index in [1.54, 1.807) is 0 Å². The van der Waals surface area contributed by atoms with Gasteiger partial charge in [0.25, 0.3) is 0 Å². The number of benzene rings is 1. The van der Waals surface area contributed by atoms with Gasteiger partial charge in [-0.25, -0.2) is 0 Å². The molecule has 2 aliphatic heterocycles. The Morgan fingerprint density at radius 1 is 1.17 bits per heavy atom. The van der Waals surface area contributed by atoms with Crippen molar-refractivity contribution in [3.63, 3.8) is 0 Å². The summed E-state index contributed by atoms with van der Waals surface area (Å²) in [6.07, 6.45) is 4.71. The third-order valence-electron chi connectivity index (χ3n) is 5.18. The second-order valence-electron chi connectivity index (χ2n) is 7.39. The number of hydrogen-bond acceptors (Lipinski definition) is 4. The number of aliphatic imine (C=N–C) groups is 1. The van der Waals surface area contributed by atoms with Gasteiger partial charge in [-0.3, -0.25) is 4.99 Å². The van der Waals surface area contributed by atoms with Crippen LogP contribution in [0.4, 0.5) is 0 Å². The molecule has 0 saturated carbocycles. The minimum absolute atomic E-state index is 0. The fourth-order valence-electron chi connectivity index (χ4n) is 3.68. The van der Waals surface area contributed by atoms with Crippen LogP contribution in [-0.2, 0) is 20.8 Å². The molecule has 29 heavy (non-hydrogen) atoms. The van der Waals surface area contributed by atoms with Crippen molar-refractivity contribution in [1.29, 1.82) is 0 Å². The van der Waals surface area contributed by atoms with Gasteiger partial charge in [-0.05, 0) is 38.2 Å². The Balaban J connectivity index is 0.00000300. The summed E-state index contributed by atoms with van der Waals surface area (Å²) >= 11 is 0. The van der Waals surface area contributed by atoms with Crippen LogP contribution in [0.3, 0.4) is 0 Å². The van der Waals surface area contributed by atoms with Crippen LogP contribution in [0.1, 0.15) is 38.2 Å². The molecule has 2 fully saturated rings. The van der Waals surface area contributed by atoms with E-state index < -0.39 is 0 Å². The number of nitrogens with one attached hydrogen (secondary N) is 1. The smallest absolute Gasteiger partial charge is 0.194 e. The van der Waals surface area contributed by atoms with Crippen molar-refractivity contribution in [3.05, 3.63) is 35.9 Å². The van der Waals surface area contributed by atoms with Crippen LogP contribution >= 0.6 is 24.0 Å². The van der Waals surface area contributed by atoms with Gasteiger partial charge in [-0.2, -0.15) is 0 Å². The van der Waals surface area contributed by atoms with Gasteiger partial charge >= 0.3 is 0 Å². The van der Waals surface area contributed by atoms with Crippen molar-refractivity contribution in [3.8, 4) is 0 Å². The number of unbranched alkanes of at least 4 members (excludes halogenated alkanes) is 1. The molecular weight excluding hydrogens is 481 g/mol. The predicted octanol–water partition coefficient (Wildman–Crippen LogP) is 3.45. The molecule has 0 radical (unpaired) electrons. The Bertz CT molecular complexity index is 582. The predicted molar refractivity (Wildman–Crippen MR) is 127 cm³/mol. The van der Waals surface area contributed by atoms with Crippen molar-refractivity contribution in [2.24, 2.45) is 4.99 Å². The summed E-state index contributed by atoms with van der Waals surface area (Å²) in [5, 5.41) is 3.44. The van der Waals surface area contributed by atoms with E-state index in [0.717, 1.165) is 77.6 Å². The average Bonchev–Trinajstić information content (AvgIpc) is 3.28. The minimum Gasteiger partial charge on any atom is -0.377 e. The lowest BCUT2D eigenvalue weighted by molar-refractivity contribution is -0.0817. The summed E-state index contributed by atoms with van der Waals surface area (Å²) in [5.74, 6) is 0.999. The quantitative estimate of drug-likeness (QED) is 0.236. The van der Waals surface area contributed by atoms with Gasteiger partial charge in [0.1, 0.15) is 6.10 Å². The van der Waals surface area contributed by atoms with Crippen molar-refractivity contribution in [2.75, 3.05) is 46.0 Å². The van der Waals surface area contributed by atoms with Crippen molar-refractivity contribution < 1.29 is 14.2 Å². The molecule has 6 nitrogen and oxygen atoms in total. The zero-order valence-corrected chi connectivity index (χ0v) is 19.9. The molecule has 7 heteroatoms. The molecule has 3 rings (SSSR count). The lowest BCUT2D eigenvalue weighted by Crippen LogP contribution is -2.53. The van der Waals surface area contributed by atoms with Crippen LogP contribution in [0.5, 0.6) is 0 Å². The highest BCUT2D eigenvalue weighted by molar-refractivity contribution is 14.0. The molecule has 2 atom stereocenters. The van der Waals surface area contributed by atoms with Gasteiger partial charge in [-0.15, -0.1) is 24.0 Å². The van der Waals surface area contributed by atoms with E-state index in [2.05, 4.69) is 29.3 Å². The highest BCUT2D eigenvalue weighted by atomic mass is 127. The molecule has 2 aliphatic rings. The summed E-state index contributed by atoms with van der Waals surface area (Å²) < 4.78 is 17.5. The van der Waals surface area contributed by atoms with Crippen molar-refractivity contribution >= 4 is 29.9 Å². The normalized spacial score (nSPS) is 22.4. The fourth-order valence-corrected chi connectivity index (χ4v) is 3.68. The number of morpholine rings is 1. The standard InChI is InChI=1S/C22H35N3O3.HI/c1-2-23-22(25-13-16-28-21(17-25)20-11-8-15-27-20)24-12-6-7-14-26-18-19-9-4-3-5-10-19;/h3-5,9-10,20-21H,2,6-8,11-18H2,1H3,(H,23,24);1H. The van der Waals surface area contributed by atoms with Gasteiger partial charge < -0.3 is 24.4 Å². The van der Waals surface area contributed by atoms with E-state index in [-0.39, 0.29) is 36.2 Å². The monoisotopic (exact) mass is 517 g/mol. The van der Waals surface area contributed by atoms with E-state index in [1.165, 1.54) is 5.56 Å². The first-order valence-electron chi connectivity index (χ1n) is 10.7. The van der Waals surface area contributed by atoms with Gasteiger partial charge in [0, 0.05) is 39.4 Å². The van der Waals surface area contributed by atoms with Crippen LogP contribution in [0.2, 0.25) is 0 Å². The van der Waals surface area contributed by atoms with E-state index in [9.17, 15) is 0 Å². The Labute approximate surface area is 192 Å². The van der Waals surface area contributed by atoms with Crippen molar-refractivity contribution in [1.82, 2.24) is 10.2 Å². The summed E-state index contributed by atoms with van der Waals surface area (Å²) in [7, 11) is 0. The summed E-state index contributed by atoms with van der Waals surface area (Å²) in [6.45, 7) is 8.62. The molecule has 1 N–H and O–H groups in total. The largest absolute Gasteiger partial charge is 0.377 e. The summed E-state index contributed by atoms with van der Waals surface area (Å²) in [4.78, 5) is 7.16. The maximum Gasteiger partial charge on any atom is 0.194 e. The molecule has 2 unspecified atom stereocenters. The second kappa shape index (κ2) is 14.2. The number of ether oxygens (including phenoxy) is 3. The molecule has 164 valence electrons. The van der Waals surface area contributed by atoms with E-state index in [4.69, 9.17) is 19.2 Å². The van der Waals surface area contributed by atoms with Crippen LogP contribution < -0.4 is 5.32 Å². The highest BCUT2D eigenvalue weighted by Gasteiger charge is 2.32. The van der Waals surface area contributed by atoms with Crippen LogP contribution in [0, 0.1) is 0 Å². The molecule has 0 aliphatic carbocycles. The highest BCUT2D eigenvalue weighted by Crippen LogP contribution is 2.21. The molecule has 0 bridgehead atoms. The minimum atomic E-state index is 0. The zero-order chi connectivity index (χ0) is 19.4. The van der Waals surface area contributed by atoms with Gasteiger partial charge in [-0.1, -0.05) is 30.3 Å². The molecule has 2 heterocycles. The maximum atomic E-state index is 5.96. The molecule has 2 saturated heterocycles. The maximum absolute atomic E-state index is 5.96. The van der Waals surface area contributed by atoms with Gasteiger partial charge in [0.2, 0.25) is 0 Å². The number of nitrogens with zero attached hydrogens (tertiary/aromatic N) is 2. The molecule has 0 amide bonds. The Morgan fingerprint density at radius 3 is 2.76 bits per heavy atom. The lowest BCUT2D eigenvalue weighted by Gasteiger charge is -2.37. The first-order valence-corrected chi connectivity index (χ1v) is 10.7. The average molecular weight is 517 g/mol. The summed E-state index contributed by atoms with van der Waals surface area (Å²) in [5.41, 5.74) is 1.23. The fraction of sp³-hybridized carbons (Fsp3) is 0.682. The Kier molecular flexibility index (Phi) is 11.9. The van der Waals surface area contributed by atoms with Crippen LogP contribution in [0.15, 0.2) is 35.3 Å². The third-order valence-corrected chi connectivity index (χ3v) is 5.18. The molecular formula is C22H36IN3O3.